The summed E-state index contributed by atoms with van der Waals surface area (Å²) < 4.78 is 31.6. The van der Waals surface area contributed by atoms with Gasteiger partial charge in [-0.3, -0.25) is 4.55 Å². The van der Waals surface area contributed by atoms with Crippen molar-refractivity contribution in [3.63, 3.8) is 0 Å². The van der Waals surface area contributed by atoms with Crippen molar-refractivity contribution in [3.8, 4) is 0 Å². The van der Waals surface area contributed by atoms with E-state index in [-0.39, 0.29) is 6.42 Å². The Bertz CT molecular complexity index is 411. The van der Waals surface area contributed by atoms with Crippen LogP contribution in [0.15, 0.2) is 30.3 Å². The van der Waals surface area contributed by atoms with Crippen molar-refractivity contribution in [1.29, 1.82) is 0 Å². The fraction of sp³-hybridized carbons (Fsp3) is 0.455. The molecule has 90 valence electrons. The molecule has 0 aliphatic heterocycles. The fourth-order valence-corrected chi connectivity index (χ4v) is 2.48. The monoisotopic (exact) mass is 244 g/mol. The molecule has 0 radical (unpaired) electrons. The fourth-order valence-electron chi connectivity index (χ4n) is 1.55. The lowest BCUT2D eigenvalue weighted by Gasteiger charge is -2.14. The lowest BCUT2D eigenvalue weighted by molar-refractivity contribution is 0.180. The summed E-state index contributed by atoms with van der Waals surface area (Å²) in [6, 6.07) is 8.52. The van der Waals surface area contributed by atoms with E-state index in [1.54, 1.807) is 37.3 Å². The highest BCUT2D eigenvalue weighted by molar-refractivity contribution is 7.86. The quantitative estimate of drug-likeness (QED) is 0.774. The molecule has 16 heavy (non-hydrogen) atoms. The lowest BCUT2D eigenvalue weighted by Crippen LogP contribution is -2.14. The Morgan fingerprint density at radius 2 is 1.75 bits per heavy atom. The Kier molecular flexibility index (Phi) is 4.46. The van der Waals surface area contributed by atoms with Crippen molar-refractivity contribution in [2.24, 2.45) is 0 Å². The van der Waals surface area contributed by atoms with Gasteiger partial charge < -0.3 is 5.11 Å². The zero-order valence-electron chi connectivity index (χ0n) is 9.07. The molecule has 0 spiro atoms. The average Bonchev–Trinajstić information content (AvgIpc) is 2.17. The molecule has 5 heteroatoms. The first-order chi connectivity index (χ1) is 7.41. The molecule has 4 nitrogen and oxygen atoms in total. The van der Waals surface area contributed by atoms with Crippen molar-refractivity contribution < 1.29 is 18.1 Å². The topological polar surface area (TPSA) is 74.6 Å². The SMILES string of the molecule is CC(O)CCC(c1ccccc1)S(=O)(=O)O. The molecule has 0 saturated heterocycles. The van der Waals surface area contributed by atoms with E-state index in [2.05, 4.69) is 0 Å². The van der Waals surface area contributed by atoms with Gasteiger partial charge in [0, 0.05) is 0 Å². The molecule has 1 rings (SSSR count). The van der Waals surface area contributed by atoms with Crippen molar-refractivity contribution in [1.82, 2.24) is 0 Å². The number of aliphatic hydroxyl groups excluding tert-OH is 1. The van der Waals surface area contributed by atoms with Crippen LogP contribution in [0.4, 0.5) is 0 Å². The Hall–Kier alpha value is -0.910. The highest BCUT2D eigenvalue weighted by Crippen LogP contribution is 2.26. The average molecular weight is 244 g/mol. The van der Waals surface area contributed by atoms with Gasteiger partial charge in [0.05, 0.1) is 6.10 Å². The largest absolute Gasteiger partial charge is 0.393 e. The molecule has 0 aromatic heterocycles. The maximum absolute atomic E-state index is 11.2. The minimum Gasteiger partial charge on any atom is -0.393 e. The van der Waals surface area contributed by atoms with Gasteiger partial charge in [0.15, 0.2) is 0 Å². The maximum atomic E-state index is 11.2. The zero-order chi connectivity index (χ0) is 12.2. The smallest absolute Gasteiger partial charge is 0.271 e. The molecule has 2 atom stereocenters. The summed E-state index contributed by atoms with van der Waals surface area (Å²) in [7, 11) is -4.12. The van der Waals surface area contributed by atoms with Gasteiger partial charge in [0.2, 0.25) is 0 Å². The van der Waals surface area contributed by atoms with Gasteiger partial charge in [0.25, 0.3) is 10.1 Å². The van der Waals surface area contributed by atoms with Crippen molar-refractivity contribution in [2.75, 3.05) is 0 Å². The van der Waals surface area contributed by atoms with Gasteiger partial charge in [-0.25, -0.2) is 0 Å². The normalized spacial score (nSPS) is 15.7. The zero-order valence-corrected chi connectivity index (χ0v) is 9.89. The van der Waals surface area contributed by atoms with Gasteiger partial charge >= 0.3 is 0 Å². The number of hydrogen-bond donors (Lipinski definition) is 2. The van der Waals surface area contributed by atoms with Crippen LogP contribution in [0.3, 0.4) is 0 Å². The van der Waals surface area contributed by atoms with Gasteiger partial charge in [-0.1, -0.05) is 30.3 Å². The predicted octanol–water partition coefficient (Wildman–Crippen LogP) is 1.78. The molecule has 0 amide bonds. The third-order valence-electron chi connectivity index (χ3n) is 2.38. The van der Waals surface area contributed by atoms with Gasteiger partial charge in [-0.05, 0) is 25.3 Å². The summed E-state index contributed by atoms with van der Waals surface area (Å²) in [4.78, 5) is 0. The first kappa shape index (κ1) is 13.2. The van der Waals surface area contributed by atoms with Crippen LogP contribution in [0.25, 0.3) is 0 Å². The van der Waals surface area contributed by atoms with Crippen molar-refractivity contribution in [3.05, 3.63) is 35.9 Å². The second kappa shape index (κ2) is 5.43. The second-order valence-electron chi connectivity index (χ2n) is 3.84. The molecule has 0 saturated carbocycles. The van der Waals surface area contributed by atoms with Crippen LogP contribution >= 0.6 is 0 Å². The molecule has 2 N–H and O–H groups in total. The van der Waals surface area contributed by atoms with Gasteiger partial charge in [0.1, 0.15) is 5.25 Å². The standard InChI is InChI=1S/C11H16O4S/c1-9(12)7-8-11(16(13,14)15)10-5-3-2-4-6-10/h2-6,9,11-12H,7-8H2,1H3,(H,13,14,15). The summed E-state index contributed by atoms with van der Waals surface area (Å²) >= 11 is 0. The van der Waals surface area contributed by atoms with Crippen molar-refractivity contribution >= 4 is 10.1 Å². The van der Waals surface area contributed by atoms with Crippen LogP contribution in [0, 0.1) is 0 Å². The van der Waals surface area contributed by atoms with Crippen molar-refractivity contribution in [2.45, 2.75) is 31.1 Å². The highest BCUT2D eigenvalue weighted by Gasteiger charge is 2.24. The number of hydrogen-bond acceptors (Lipinski definition) is 3. The molecule has 0 bridgehead atoms. The summed E-state index contributed by atoms with van der Waals surface area (Å²) in [6.07, 6.45) is -0.0344. The van der Waals surface area contributed by atoms with E-state index in [0.29, 0.717) is 12.0 Å². The van der Waals surface area contributed by atoms with Crippen LogP contribution in [-0.4, -0.2) is 24.2 Å². The van der Waals surface area contributed by atoms with Crippen LogP contribution in [-0.2, 0) is 10.1 Å². The lowest BCUT2D eigenvalue weighted by atomic mass is 10.1. The summed E-state index contributed by atoms with van der Waals surface area (Å²) in [5, 5.41) is 8.18. The van der Waals surface area contributed by atoms with E-state index in [1.807, 2.05) is 0 Å². The number of benzene rings is 1. The van der Waals surface area contributed by atoms with E-state index < -0.39 is 21.5 Å². The van der Waals surface area contributed by atoms with E-state index in [9.17, 15) is 8.42 Å². The van der Waals surface area contributed by atoms with Crippen LogP contribution in [0.1, 0.15) is 30.6 Å². The molecule has 2 unspecified atom stereocenters. The molecule has 0 fully saturated rings. The second-order valence-corrected chi connectivity index (χ2v) is 5.44. The molecular weight excluding hydrogens is 228 g/mol. The Balaban J connectivity index is 2.90. The minimum absolute atomic E-state index is 0.209. The van der Waals surface area contributed by atoms with E-state index in [0.717, 1.165) is 0 Å². The Morgan fingerprint density at radius 3 is 2.19 bits per heavy atom. The third kappa shape index (κ3) is 3.92. The van der Waals surface area contributed by atoms with Crippen LogP contribution in [0.5, 0.6) is 0 Å². The van der Waals surface area contributed by atoms with E-state index in [1.165, 1.54) is 0 Å². The molecule has 0 heterocycles. The molecular formula is C11H16O4S. The molecule has 0 aliphatic rings. The maximum Gasteiger partial charge on any atom is 0.271 e. The predicted molar refractivity (Wildman–Crippen MR) is 61.6 cm³/mol. The number of rotatable bonds is 5. The van der Waals surface area contributed by atoms with Crippen LogP contribution < -0.4 is 0 Å². The summed E-state index contributed by atoms with van der Waals surface area (Å²) in [6.45, 7) is 1.59. The van der Waals surface area contributed by atoms with Gasteiger partial charge in [-0.15, -0.1) is 0 Å². The molecule has 1 aromatic carbocycles. The number of aliphatic hydroxyl groups is 1. The minimum atomic E-state index is -4.12. The Labute approximate surface area is 95.7 Å². The first-order valence-corrected chi connectivity index (χ1v) is 6.61. The van der Waals surface area contributed by atoms with Gasteiger partial charge in [-0.2, -0.15) is 8.42 Å². The Morgan fingerprint density at radius 1 is 1.19 bits per heavy atom. The summed E-state index contributed by atoms with van der Waals surface area (Å²) in [5.74, 6) is 0. The molecule has 1 aromatic rings. The molecule has 0 aliphatic carbocycles. The first-order valence-electron chi connectivity index (χ1n) is 5.10. The summed E-state index contributed by atoms with van der Waals surface area (Å²) in [5.41, 5.74) is 0.547. The third-order valence-corrected chi connectivity index (χ3v) is 3.60. The highest BCUT2D eigenvalue weighted by atomic mass is 32.2. The van der Waals surface area contributed by atoms with E-state index >= 15 is 0 Å². The van der Waals surface area contributed by atoms with E-state index in [4.69, 9.17) is 9.66 Å². The van der Waals surface area contributed by atoms with Crippen LogP contribution in [0.2, 0.25) is 0 Å².